The van der Waals surface area contributed by atoms with Crippen molar-refractivity contribution in [2.45, 2.75) is 31.7 Å². The summed E-state index contributed by atoms with van der Waals surface area (Å²) in [6.45, 7) is 0.888. The molecule has 132 valence electrons. The third-order valence-electron chi connectivity index (χ3n) is 4.93. The lowest BCUT2D eigenvalue weighted by atomic mass is 9.91. The van der Waals surface area contributed by atoms with E-state index in [1.807, 2.05) is 24.3 Å². The number of aromatic amines is 1. The Labute approximate surface area is 152 Å². The highest BCUT2D eigenvalue weighted by Crippen LogP contribution is 2.31. The largest absolute Gasteiger partial charge is 0.508 e. The Morgan fingerprint density at radius 3 is 2.76 bits per heavy atom. The molecule has 25 heavy (non-hydrogen) atoms. The summed E-state index contributed by atoms with van der Waals surface area (Å²) in [5, 5.41) is 14.5. The molecule has 1 heterocycles. The second kappa shape index (κ2) is 7.46. The fraction of sp³-hybridized carbons (Fsp3) is 0.300. The van der Waals surface area contributed by atoms with E-state index in [0.29, 0.717) is 11.8 Å². The Kier molecular flexibility index (Phi) is 5.30. The maximum atomic E-state index is 12.9. The normalized spacial score (nSPS) is 16.4. The molecule has 1 unspecified atom stereocenters. The molecule has 1 aliphatic rings. The second-order valence-corrected chi connectivity index (χ2v) is 6.58. The molecule has 0 saturated carbocycles. The topological polar surface area (TPSA) is 48.0 Å². The van der Waals surface area contributed by atoms with E-state index < -0.39 is 0 Å². The highest BCUT2D eigenvalue weighted by atomic mass is 35.5. The van der Waals surface area contributed by atoms with Gasteiger partial charge in [-0.3, -0.25) is 0 Å². The first-order valence-corrected chi connectivity index (χ1v) is 8.49. The minimum atomic E-state index is -0.186. The third kappa shape index (κ3) is 3.80. The lowest BCUT2D eigenvalue weighted by Crippen LogP contribution is -2.35. The van der Waals surface area contributed by atoms with Crippen LogP contribution in [0.2, 0.25) is 0 Å². The number of benzene rings is 2. The van der Waals surface area contributed by atoms with Crippen LogP contribution in [0.5, 0.6) is 5.75 Å². The third-order valence-corrected chi connectivity index (χ3v) is 4.93. The van der Waals surface area contributed by atoms with Crippen LogP contribution in [0.25, 0.3) is 10.9 Å². The van der Waals surface area contributed by atoms with Crippen molar-refractivity contribution < 1.29 is 9.50 Å². The number of halogens is 2. The zero-order chi connectivity index (χ0) is 16.5. The number of aromatic hydroxyl groups is 1. The van der Waals surface area contributed by atoms with Gasteiger partial charge in [-0.2, -0.15) is 0 Å². The van der Waals surface area contributed by atoms with E-state index in [1.54, 1.807) is 6.07 Å². The molecule has 3 N–H and O–H groups in total. The van der Waals surface area contributed by atoms with Crippen LogP contribution in [0.4, 0.5) is 4.39 Å². The molecule has 0 spiro atoms. The van der Waals surface area contributed by atoms with Crippen molar-refractivity contribution in [2.75, 3.05) is 6.54 Å². The summed E-state index contributed by atoms with van der Waals surface area (Å²) in [6.07, 6.45) is 4.01. The number of aromatic nitrogens is 1. The highest BCUT2D eigenvalue weighted by Gasteiger charge is 2.22. The summed E-state index contributed by atoms with van der Waals surface area (Å²) in [4.78, 5) is 3.48. The molecule has 5 heteroatoms. The first-order valence-electron chi connectivity index (χ1n) is 8.49. The van der Waals surface area contributed by atoms with Crippen LogP contribution in [-0.4, -0.2) is 22.7 Å². The summed E-state index contributed by atoms with van der Waals surface area (Å²) in [5.74, 6) is 0.129. The fourth-order valence-corrected chi connectivity index (χ4v) is 3.65. The molecule has 0 amide bonds. The van der Waals surface area contributed by atoms with Crippen LogP contribution in [0.15, 0.2) is 42.5 Å². The van der Waals surface area contributed by atoms with E-state index in [9.17, 15) is 9.50 Å². The van der Waals surface area contributed by atoms with Gasteiger partial charge in [-0.05, 0) is 73.7 Å². The molecule has 0 bridgehead atoms. The van der Waals surface area contributed by atoms with Crippen LogP contribution in [-0.2, 0) is 19.3 Å². The molecule has 3 nitrogen and oxygen atoms in total. The van der Waals surface area contributed by atoms with E-state index in [0.717, 1.165) is 48.7 Å². The van der Waals surface area contributed by atoms with Gasteiger partial charge in [0.1, 0.15) is 11.6 Å². The average molecular weight is 361 g/mol. The van der Waals surface area contributed by atoms with Crippen molar-refractivity contribution in [1.29, 1.82) is 0 Å². The number of hydrogen-bond acceptors (Lipinski definition) is 2. The standard InChI is InChI=1S/C20H21FN2O.ClH/c21-14-3-1-13(2-4-14)9-10-22-15-5-7-19-17(11-15)18-12-16(24)6-8-20(18)23-19;/h1-4,6,8,12,15,22-24H,5,7,9-11H2;1H. The Morgan fingerprint density at radius 1 is 1.16 bits per heavy atom. The van der Waals surface area contributed by atoms with E-state index in [2.05, 4.69) is 10.3 Å². The molecular weight excluding hydrogens is 339 g/mol. The summed E-state index contributed by atoms with van der Waals surface area (Å²) in [5.41, 5.74) is 4.88. The summed E-state index contributed by atoms with van der Waals surface area (Å²) >= 11 is 0. The molecule has 0 aliphatic heterocycles. The fourth-order valence-electron chi connectivity index (χ4n) is 3.65. The van der Waals surface area contributed by atoms with Crippen molar-refractivity contribution in [3.63, 3.8) is 0 Å². The summed E-state index contributed by atoms with van der Waals surface area (Å²) in [7, 11) is 0. The minimum absolute atomic E-state index is 0. The molecule has 0 saturated heterocycles. The predicted molar refractivity (Wildman–Crippen MR) is 101 cm³/mol. The number of H-pyrrole nitrogens is 1. The van der Waals surface area contributed by atoms with Crippen molar-refractivity contribution >= 4 is 23.3 Å². The number of fused-ring (bicyclic) bond motifs is 3. The van der Waals surface area contributed by atoms with Crippen molar-refractivity contribution in [3.8, 4) is 5.75 Å². The van der Waals surface area contributed by atoms with Crippen LogP contribution in [0.3, 0.4) is 0 Å². The quantitative estimate of drug-likeness (QED) is 0.655. The van der Waals surface area contributed by atoms with Gasteiger partial charge in [-0.1, -0.05) is 12.1 Å². The molecular formula is C20H22ClFN2O. The van der Waals surface area contributed by atoms with Crippen LogP contribution >= 0.6 is 12.4 Å². The number of phenols is 1. The van der Waals surface area contributed by atoms with E-state index in [-0.39, 0.29) is 18.2 Å². The van der Waals surface area contributed by atoms with Gasteiger partial charge in [0.2, 0.25) is 0 Å². The number of aryl methyl sites for hydroxylation is 1. The second-order valence-electron chi connectivity index (χ2n) is 6.58. The zero-order valence-corrected chi connectivity index (χ0v) is 14.7. The van der Waals surface area contributed by atoms with Gasteiger partial charge in [0, 0.05) is 22.6 Å². The Morgan fingerprint density at radius 2 is 1.96 bits per heavy atom. The smallest absolute Gasteiger partial charge is 0.123 e. The number of phenolic OH excluding ortho intramolecular Hbond substituents is 1. The molecule has 1 atom stereocenters. The van der Waals surface area contributed by atoms with Gasteiger partial charge in [-0.25, -0.2) is 4.39 Å². The SMILES string of the molecule is Cl.Oc1ccc2[nH]c3c(c2c1)CC(NCCc1ccc(F)cc1)CC3. The van der Waals surface area contributed by atoms with Gasteiger partial charge in [-0.15, -0.1) is 12.4 Å². The molecule has 0 radical (unpaired) electrons. The molecule has 1 aliphatic carbocycles. The van der Waals surface area contributed by atoms with Crippen LogP contribution in [0.1, 0.15) is 23.2 Å². The zero-order valence-electron chi connectivity index (χ0n) is 13.9. The van der Waals surface area contributed by atoms with Gasteiger partial charge < -0.3 is 15.4 Å². The Balaban J connectivity index is 0.00000182. The van der Waals surface area contributed by atoms with E-state index in [1.165, 1.54) is 23.4 Å². The minimum Gasteiger partial charge on any atom is -0.508 e. The molecule has 1 aromatic heterocycles. The lowest BCUT2D eigenvalue weighted by Gasteiger charge is -2.23. The van der Waals surface area contributed by atoms with Crippen molar-refractivity contribution in [3.05, 3.63) is 65.1 Å². The highest BCUT2D eigenvalue weighted by molar-refractivity contribution is 5.86. The summed E-state index contributed by atoms with van der Waals surface area (Å²) < 4.78 is 12.9. The molecule has 0 fully saturated rings. The monoisotopic (exact) mass is 360 g/mol. The Hall–Kier alpha value is -2.04. The Bertz CT molecular complexity index is 860. The average Bonchev–Trinajstić information content (AvgIpc) is 2.94. The van der Waals surface area contributed by atoms with Crippen LogP contribution in [0, 0.1) is 5.82 Å². The number of hydrogen-bond donors (Lipinski definition) is 3. The van der Waals surface area contributed by atoms with E-state index >= 15 is 0 Å². The molecule has 2 aromatic carbocycles. The van der Waals surface area contributed by atoms with Crippen molar-refractivity contribution in [2.24, 2.45) is 0 Å². The number of rotatable bonds is 4. The van der Waals surface area contributed by atoms with Gasteiger partial charge in [0.25, 0.3) is 0 Å². The predicted octanol–water partition coefficient (Wildman–Crippen LogP) is 4.12. The maximum Gasteiger partial charge on any atom is 0.123 e. The molecule has 4 rings (SSSR count). The first kappa shape index (κ1) is 17.8. The lowest BCUT2D eigenvalue weighted by molar-refractivity contribution is 0.460. The van der Waals surface area contributed by atoms with Gasteiger partial charge >= 0.3 is 0 Å². The number of nitrogens with one attached hydrogen (secondary N) is 2. The first-order chi connectivity index (χ1) is 11.7. The van der Waals surface area contributed by atoms with Crippen LogP contribution < -0.4 is 5.32 Å². The summed E-state index contributed by atoms with van der Waals surface area (Å²) in [6, 6.07) is 12.7. The van der Waals surface area contributed by atoms with E-state index in [4.69, 9.17) is 0 Å². The van der Waals surface area contributed by atoms with Gasteiger partial charge in [0.15, 0.2) is 0 Å². The maximum absolute atomic E-state index is 12.9. The van der Waals surface area contributed by atoms with Crippen molar-refractivity contribution in [1.82, 2.24) is 10.3 Å². The van der Waals surface area contributed by atoms with Gasteiger partial charge in [0.05, 0.1) is 0 Å². The molecule has 3 aromatic rings.